The zero-order valence-electron chi connectivity index (χ0n) is 11.0. The third kappa shape index (κ3) is 2.58. The van der Waals surface area contributed by atoms with E-state index < -0.39 is 5.97 Å². The van der Waals surface area contributed by atoms with E-state index in [0.717, 1.165) is 31.6 Å². The van der Waals surface area contributed by atoms with E-state index in [0.29, 0.717) is 5.41 Å². The Bertz CT molecular complexity index is 215. The van der Waals surface area contributed by atoms with Gasteiger partial charge in [0.2, 0.25) is 0 Å². The van der Waals surface area contributed by atoms with E-state index in [1.54, 1.807) is 0 Å². The fourth-order valence-corrected chi connectivity index (χ4v) is 3.57. The van der Waals surface area contributed by atoms with Crippen molar-refractivity contribution in [3.8, 4) is 0 Å². The van der Waals surface area contributed by atoms with E-state index in [1.165, 1.54) is 19.3 Å². The molecule has 1 saturated carbocycles. The van der Waals surface area contributed by atoms with Gasteiger partial charge in [0.05, 0.1) is 5.92 Å². The molecule has 0 bridgehead atoms. The molecule has 1 aliphatic rings. The highest BCUT2D eigenvalue weighted by atomic mass is 16.4. The molecule has 2 heteroatoms. The van der Waals surface area contributed by atoms with E-state index in [1.807, 2.05) is 0 Å². The Kier molecular flexibility index (Phi) is 4.82. The van der Waals surface area contributed by atoms with Gasteiger partial charge in [0, 0.05) is 0 Å². The maximum absolute atomic E-state index is 10.9. The normalized spacial score (nSPS) is 26.7. The van der Waals surface area contributed by atoms with Crippen molar-refractivity contribution in [2.24, 2.45) is 17.3 Å². The minimum Gasteiger partial charge on any atom is -0.481 e. The zero-order chi connectivity index (χ0) is 12.2. The Morgan fingerprint density at radius 1 is 1.06 bits per heavy atom. The summed E-state index contributed by atoms with van der Waals surface area (Å²) in [5.74, 6) is 0.0937. The Hall–Kier alpha value is -0.530. The van der Waals surface area contributed by atoms with Crippen molar-refractivity contribution < 1.29 is 9.90 Å². The fraction of sp³-hybridized carbons (Fsp3) is 0.929. The minimum atomic E-state index is -0.589. The molecule has 0 aromatic carbocycles. The first kappa shape index (κ1) is 13.5. The van der Waals surface area contributed by atoms with Gasteiger partial charge in [-0.25, -0.2) is 0 Å². The van der Waals surface area contributed by atoms with Crippen LogP contribution in [-0.4, -0.2) is 11.1 Å². The molecule has 1 fully saturated rings. The molecule has 0 unspecified atom stereocenters. The topological polar surface area (TPSA) is 37.3 Å². The average Bonchev–Trinajstić information content (AvgIpc) is 2.33. The molecule has 0 aromatic rings. The Morgan fingerprint density at radius 2 is 1.50 bits per heavy atom. The fourth-order valence-electron chi connectivity index (χ4n) is 3.57. The molecule has 0 aliphatic heterocycles. The average molecular weight is 226 g/mol. The molecule has 0 amide bonds. The summed E-state index contributed by atoms with van der Waals surface area (Å²) in [6.45, 7) is 6.86. The van der Waals surface area contributed by atoms with Crippen LogP contribution in [0, 0.1) is 17.3 Å². The molecule has 0 spiro atoms. The first-order valence-corrected chi connectivity index (χ1v) is 6.82. The van der Waals surface area contributed by atoms with Gasteiger partial charge in [-0.3, -0.25) is 4.79 Å². The van der Waals surface area contributed by atoms with Crippen molar-refractivity contribution in [1.82, 2.24) is 0 Å². The molecular weight excluding hydrogens is 200 g/mol. The van der Waals surface area contributed by atoms with E-state index in [9.17, 15) is 4.79 Å². The standard InChI is InChI=1S/C14H26O2/c1-4-14(5-2,6-3)12-9-7-11(8-10-12)13(15)16/h11-12H,4-10H2,1-3H3,(H,15,16). The first-order chi connectivity index (χ1) is 7.59. The third-order valence-electron chi connectivity index (χ3n) is 5.05. The monoisotopic (exact) mass is 226 g/mol. The molecule has 0 heterocycles. The molecular formula is C14H26O2. The molecule has 94 valence electrons. The van der Waals surface area contributed by atoms with Gasteiger partial charge in [0.1, 0.15) is 0 Å². The summed E-state index contributed by atoms with van der Waals surface area (Å²) in [6.07, 6.45) is 7.73. The molecule has 0 saturated heterocycles. The summed E-state index contributed by atoms with van der Waals surface area (Å²) < 4.78 is 0. The summed E-state index contributed by atoms with van der Waals surface area (Å²) in [4.78, 5) is 10.9. The number of hydrogen-bond acceptors (Lipinski definition) is 1. The van der Waals surface area contributed by atoms with Gasteiger partial charge in [-0.05, 0) is 37.0 Å². The second kappa shape index (κ2) is 5.70. The molecule has 1 rings (SSSR count). The lowest BCUT2D eigenvalue weighted by Crippen LogP contribution is -2.33. The second-order valence-corrected chi connectivity index (χ2v) is 5.31. The zero-order valence-corrected chi connectivity index (χ0v) is 11.0. The maximum atomic E-state index is 10.9. The van der Waals surface area contributed by atoms with Crippen LogP contribution in [-0.2, 0) is 4.79 Å². The smallest absolute Gasteiger partial charge is 0.306 e. The van der Waals surface area contributed by atoms with Gasteiger partial charge in [0.15, 0.2) is 0 Å². The highest BCUT2D eigenvalue weighted by Gasteiger charge is 2.37. The number of carbonyl (C=O) groups is 1. The second-order valence-electron chi connectivity index (χ2n) is 5.31. The van der Waals surface area contributed by atoms with Gasteiger partial charge < -0.3 is 5.11 Å². The number of aliphatic carboxylic acids is 1. The van der Waals surface area contributed by atoms with Crippen molar-refractivity contribution in [3.63, 3.8) is 0 Å². The van der Waals surface area contributed by atoms with Crippen LogP contribution >= 0.6 is 0 Å². The van der Waals surface area contributed by atoms with Crippen LogP contribution in [0.5, 0.6) is 0 Å². The Morgan fingerprint density at radius 3 is 1.81 bits per heavy atom. The largest absolute Gasteiger partial charge is 0.481 e. The van der Waals surface area contributed by atoms with Crippen LogP contribution in [0.1, 0.15) is 65.7 Å². The maximum Gasteiger partial charge on any atom is 0.306 e. The lowest BCUT2D eigenvalue weighted by atomic mass is 9.63. The number of carboxylic acids is 1. The predicted octanol–water partition coefficient (Wildman–Crippen LogP) is 4.09. The summed E-state index contributed by atoms with van der Waals surface area (Å²) >= 11 is 0. The first-order valence-electron chi connectivity index (χ1n) is 6.82. The summed E-state index contributed by atoms with van der Waals surface area (Å²) in [5.41, 5.74) is 0.476. The van der Waals surface area contributed by atoms with E-state index in [-0.39, 0.29) is 5.92 Å². The summed E-state index contributed by atoms with van der Waals surface area (Å²) in [6, 6.07) is 0. The van der Waals surface area contributed by atoms with Crippen LogP contribution in [0.2, 0.25) is 0 Å². The quantitative estimate of drug-likeness (QED) is 0.766. The van der Waals surface area contributed by atoms with Crippen LogP contribution < -0.4 is 0 Å². The van der Waals surface area contributed by atoms with Crippen molar-refractivity contribution in [1.29, 1.82) is 0 Å². The molecule has 0 radical (unpaired) electrons. The van der Waals surface area contributed by atoms with Gasteiger partial charge >= 0.3 is 5.97 Å². The Labute approximate surface area is 99.4 Å². The van der Waals surface area contributed by atoms with Crippen LogP contribution in [0.15, 0.2) is 0 Å². The summed E-state index contributed by atoms with van der Waals surface area (Å²) in [7, 11) is 0. The molecule has 16 heavy (non-hydrogen) atoms. The van der Waals surface area contributed by atoms with Crippen molar-refractivity contribution in [3.05, 3.63) is 0 Å². The number of rotatable bonds is 5. The number of hydrogen-bond donors (Lipinski definition) is 1. The SMILES string of the molecule is CCC(CC)(CC)C1CCC(C(=O)O)CC1. The van der Waals surface area contributed by atoms with Crippen molar-refractivity contribution in [2.75, 3.05) is 0 Å². The lowest BCUT2D eigenvalue weighted by Gasteiger charge is -2.42. The third-order valence-corrected chi connectivity index (χ3v) is 5.05. The van der Waals surface area contributed by atoms with E-state index in [4.69, 9.17) is 5.11 Å². The van der Waals surface area contributed by atoms with Crippen LogP contribution in [0.3, 0.4) is 0 Å². The Balaban J connectivity index is 2.60. The van der Waals surface area contributed by atoms with Crippen LogP contribution in [0.25, 0.3) is 0 Å². The highest BCUT2D eigenvalue weighted by Crippen LogP contribution is 2.46. The lowest BCUT2D eigenvalue weighted by molar-refractivity contribution is -0.143. The molecule has 1 N–H and O–H groups in total. The van der Waals surface area contributed by atoms with Gasteiger partial charge in [0.25, 0.3) is 0 Å². The number of carboxylic acid groups (broad SMARTS) is 1. The van der Waals surface area contributed by atoms with Gasteiger partial charge in [-0.1, -0.05) is 40.0 Å². The molecule has 0 aromatic heterocycles. The van der Waals surface area contributed by atoms with E-state index >= 15 is 0 Å². The molecule has 1 aliphatic carbocycles. The molecule has 0 atom stereocenters. The highest BCUT2D eigenvalue weighted by molar-refractivity contribution is 5.69. The van der Waals surface area contributed by atoms with Gasteiger partial charge in [-0.15, -0.1) is 0 Å². The predicted molar refractivity (Wildman–Crippen MR) is 66.4 cm³/mol. The van der Waals surface area contributed by atoms with Crippen molar-refractivity contribution in [2.45, 2.75) is 65.7 Å². The van der Waals surface area contributed by atoms with Gasteiger partial charge in [-0.2, -0.15) is 0 Å². The van der Waals surface area contributed by atoms with Crippen molar-refractivity contribution >= 4 is 5.97 Å². The van der Waals surface area contributed by atoms with E-state index in [2.05, 4.69) is 20.8 Å². The molecule has 2 nitrogen and oxygen atoms in total. The van der Waals surface area contributed by atoms with Crippen LogP contribution in [0.4, 0.5) is 0 Å². The minimum absolute atomic E-state index is 0.0699. The summed E-state index contributed by atoms with van der Waals surface area (Å²) in [5, 5.41) is 9.00.